The summed E-state index contributed by atoms with van der Waals surface area (Å²) in [4.78, 5) is 32.9. The highest BCUT2D eigenvalue weighted by atomic mass is 79.9. The summed E-state index contributed by atoms with van der Waals surface area (Å²) in [6, 6.07) is 13.4. The minimum Gasteiger partial charge on any atom is -0.334 e. The van der Waals surface area contributed by atoms with Crippen molar-refractivity contribution in [3.05, 3.63) is 76.7 Å². The Balaban J connectivity index is 1.66. The van der Waals surface area contributed by atoms with E-state index in [4.69, 9.17) is 0 Å². The Hall–Kier alpha value is -2.23. The second-order valence-electron chi connectivity index (χ2n) is 6.43. The van der Waals surface area contributed by atoms with E-state index in [1.54, 1.807) is 4.57 Å². The van der Waals surface area contributed by atoms with Crippen molar-refractivity contribution < 1.29 is 4.79 Å². The van der Waals surface area contributed by atoms with Crippen LogP contribution in [-0.4, -0.2) is 17.1 Å². The number of carbonyl (C=O) groups excluding carboxylic acids is 1. The van der Waals surface area contributed by atoms with E-state index in [9.17, 15) is 9.59 Å². The summed E-state index contributed by atoms with van der Waals surface area (Å²) in [6.45, 7) is 0.852. The van der Waals surface area contributed by atoms with Gasteiger partial charge in [-0.05, 0) is 36.4 Å². The fourth-order valence-corrected chi connectivity index (χ4v) is 5.17. The van der Waals surface area contributed by atoms with Crippen LogP contribution in [0.5, 0.6) is 0 Å². The van der Waals surface area contributed by atoms with E-state index in [1.807, 2.05) is 47.4 Å². The number of nitrogens with zero attached hydrogens (tertiary/aromatic N) is 3. The number of nitrogens with one attached hydrogen (secondary N) is 1. The van der Waals surface area contributed by atoms with E-state index in [-0.39, 0.29) is 11.5 Å². The normalized spacial score (nSPS) is 17.1. The van der Waals surface area contributed by atoms with Gasteiger partial charge in [-0.3, -0.25) is 14.2 Å². The molecule has 6 nitrogen and oxygen atoms in total. The smallest absolute Gasteiger partial charge is 0.272 e. The Morgan fingerprint density at radius 3 is 2.71 bits per heavy atom. The van der Waals surface area contributed by atoms with Crippen LogP contribution in [0.4, 0.5) is 11.4 Å². The average Bonchev–Trinajstić information content (AvgIpc) is 3.17. The highest BCUT2D eigenvalue weighted by molar-refractivity contribution is 9.10. The van der Waals surface area contributed by atoms with E-state index >= 15 is 0 Å². The van der Waals surface area contributed by atoms with Gasteiger partial charge in [-0.1, -0.05) is 49.3 Å². The molecule has 9 heteroatoms. The van der Waals surface area contributed by atoms with Gasteiger partial charge >= 0.3 is 0 Å². The van der Waals surface area contributed by atoms with Crippen molar-refractivity contribution in [3.8, 4) is 0 Å². The van der Waals surface area contributed by atoms with Crippen LogP contribution >= 0.6 is 43.2 Å². The number of amides is 1. The molecule has 0 bridgehead atoms. The predicted molar refractivity (Wildman–Crippen MR) is 116 cm³/mol. The molecule has 0 aliphatic carbocycles. The molecule has 2 aliphatic heterocycles. The maximum Gasteiger partial charge on any atom is 0.272 e. The molecule has 3 aromatic rings. The maximum atomic E-state index is 13.1. The molecule has 0 saturated carbocycles. The second-order valence-corrected chi connectivity index (χ2v) is 9.24. The number of fused-ring (bicyclic) bond motifs is 2. The van der Waals surface area contributed by atoms with Crippen molar-refractivity contribution in [2.24, 2.45) is 4.99 Å². The summed E-state index contributed by atoms with van der Waals surface area (Å²) >= 11 is 8.18. The molecular formula is C19H12Br2N4O2S. The van der Waals surface area contributed by atoms with Gasteiger partial charge in [0, 0.05) is 25.9 Å². The van der Waals surface area contributed by atoms with Crippen LogP contribution in [0.2, 0.25) is 0 Å². The Labute approximate surface area is 180 Å². The molecule has 0 fully saturated rings. The van der Waals surface area contributed by atoms with Crippen LogP contribution < -0.4 is 25.1 Å². The summed E-state index contributed by atoms with van der Waals surface area (Å²) in [5.74, 6) is -0.256. The summed E-state index contributed by atoms with van der Waals surface area (Å²) in [7, 11) is 0. The molecule has 1 amide bonds. The van der Waals surface area contributed by atoms with Gasteiger partial charge in [-0.25, -0.2) is 4.99 Å². The SMILES string of the molecule is O=C1Nc2ccc(Br)cc2C1=c1sc2n(c1=O)CN(c1cccc(Br)c1)CN=2. The maximum absolute atomic E-state index is 13.1. The second kappa shape index (κ2) is 6.68. The van der Waals surface area contributed by atoms with Crippen molar-refractivity contribution >= 4 is 66.1 Å². The Morgan fingerprint density at radius 1 is 1.07 bits per heavy atom. The first kappa shape index (κ1) is 17.8. The molecule has 0 radical (unpaired) electrons. The zero-order valence-corrected chi connectivity index (χ0v) is 18.3. The molecule has 1 aromatic heterocycles. The number of hydrogen-bond acceptors (Lipinski definition) is 5. The molecule has 3 heterocycles. The van der Waals surface area contributed by atoms with Crippen LogP contribution in [0.3, 0.4) is 0 Å². The van der Waals surface area contributed by atoms with Crippen molar-refractivity contribution in [2.45, 2.75) is 6.67 Å². The quantitative estimate of drug-likeness (QED) is 0.537. The fraction of sp³-hybridized carbons (Fsp3) is 0.105. The van der Waals surface area contributed by atoms with Gasteiger partial charge in [0.2, 0.25) is 0 Å². The largest absolute Gasteiger partial charge is 0.334 e. The molecule has 0 unspecified atom stereocenters. The molecular weight excluding hydrogens is 508 g/mol. The van der Waals surface area contributed by atoms with Gasteiger partial charge in [0.05, 0.1) is 5.57 Å². The third-order valence-electron chi connectivity index (χ3n) is 4.68. The Bertz CT molecular complexity index is 1330. The van der Waals surface area contributed by atoms with Crippen molar-refractivity contribution in [2.75, 3.05) is 16.9 Å². The lowest BCUT2D eigenvalue weighted by Gasteiger charge is -2.25. The van der Waals surface area contributed by atoms with Gasteiger partial charge in [0.25, 0.3) is 11.5 Å². The highest BCUT2D eigenvalue weighted by Crippen LogP contribution is 2.32. The lowest BCUT2D eigenvalue weighted by Crippen LogP contribution is -2.43. The summed E-state index contributed by atoms with van der Waals surface area (Å²) in [5.41, 5.74) is 2.65. The van der Waals surface area contributed by atoms with Crippen LogP contribution in [0.25, 0.3) is 5.57 Å². The monoisotopic (exact) mass is 518 g/mol. The third kappa shape index (κ3) is 2.85. The first-order valence-electron chi connectivity index (χ1n) is 8.41. The molecule has 2 aliphatic rings. The molecule has 28 heavy (non-hydrogen) atoms. The number of benzene rings is 2. The number of carbonyl (C=O) groups is 1. The lowest BCUT2D eigenvalue weighted by atomic mass is 10.1. The van der Waals surface area contributed by atoms with Gasteiger partial charge < -0.3 is 10.2 Å². The standard InChI is InChI=1S/C19H12Br2N4O2S/c20-10-2-1-3-12(6-10)24-8-22-19-25(9-24)18(27)16(28-19)15-13-7-11(21)4-5-14(13)23-17(15)26/h1-7H,8-9H2,(H,23,26). The number of thiazole rings is 1. The van der Waals surface area contributed by atoms with Crippen LogP contribution in [0.15, 0.2) is 61.2 Å². The van der Waals surface area contributed by atoms with Gasteiger partial charge in [-0.2, -0.15) is 0 Å². The van der Waals surface area contributed by atoms with Crippen LogP contribution in [0, 0.1) is 0 Å². The van der Waals surface area contributed by atoms with E-state index in [1.165, 1.54) is 11.3 Å². The Kier molecular flexibility index (Phi) is 4.26. The van der Waals surface area contributed by atoms with E-state index in [2.05, 4.69) is 42.2 Å². The topological polar surface area (TPSA) is 66.7 Å². The van der Waals surface area contributed by atoms with E-state index < -0.39 is 0 Å². The van der Waals surface area contributed by atoms with Crippen molar-refractivity contribution in [1.82, 2.24) is 4.57 Å². The first-order valence-corrected chi connectivity index (χ1v) is 10.8. The predicted octanol–water partition coefficient (Wildman–Crippen LogP) is 2.64. The molecule has 0 atom stereocenters. The minimum absolute atomic E-state index is 0.193. The van der Waals surface area contributed by atoms with Gasteiger partial charge in [-0.15, -0.1) is 0 Å². The number of rotatable bonds is 1. The van der Waals surface area contributed by atoms with Crippen molar-refractivity contribution in [3.63, 3.8) is 0 Å². The average molecular weight is 520 g/mol. The summed E-state index contributed by atoms with van der Waals surface area (Å²) in [5, 5.41) is 2.84. The van der Waals surface area contributed by atoms with E-state index in [0.29, 0.717) is 33.9 Å². The zero-order chi connectivity index (χ0) is 19.4. The van der Waals surface area contributed by atoms with Gasteiger partial charge in [0.1, 0.15) is 17.9 Å². The van der Waals surface area contributed by atoms with E-state index in [0.717, 1.165) is 20.2 Å². The third-order valence-corrected chi connectivity index (χ3v) is 6.78. The molecule has 0 spiro atoms. The number of aromatic nitrogens is 1. The molecule has 2 aromatic carbocycles. The fourth-order valence-electron chi connectivity index (χ4n) is 3.36. The minimum atomic E-state index is -0.256. The summed E-state index contributed by atoms with van der Waals surface area (Å²) in [6.07, 6.45) is 0. The first-order chi connectivity index (χ1) is 13.5. The van der Waals surface area contributed by atoms with Gasteiger partial charge in [0.15, 0.2) is 4.80 Å². The van der Waals surface area contributed by atoms with Crippen LogP contribution in [-0.2, 0) is 11.5 Å². The van der Waals surface area contributed by atoms with Crippen molar-refractivity contribution in [1.29, 1.82) is 0 Å². The molecule has 0 saturated heterocycles. The Morgan fingerprint density at radius 2 is 1.89 bits per heavy atom. The number of hydrogen-bond donors (Lipinski definition) is 1. The highest BCUT2D eigenvalue weighted by Gasteiger charge is 2.28. The molecule has 140 valence electrons. The van der Waals surface area contributed by atoms with Crippen LogP contribution in [0.1, 0.15) is 5.56 Å². The number of anilines is 2. The molecule has 5 rings (SSSR count). The summed E-state index contributed by atoms with van der Waals surface area (Å²) < 4.78 is 3.87. The number of halogens is 2. The lowest BCUT2D eigenvalue weighted by molar-refractivity contribution is -0.110. The molecule has 1 N–H and O–H groups in total. The zero-order valence-electron chi connectivity index (χ0n) is 14.3.